The summed E-state index contributed by atoms with van der Waals surface area (Å²) in [4.78, 5) is 33.4. The van der Waals surface area contributed by atoms with Crippen LogP contribution in [0.2, 0.25) is 0 Å². The summed E-state index contributed by atoms with van der Waals surface area (Å²) in [6.07, 6.45) is 6.83. The van der Waals surface area contributed by atoms with Crippen LogP contribution in [0.15, 0.2) is 36.7 Å². The van der Waals surface area contributed by atoms with Crippen LogP contribution in [0.25, 0.3) is 0 Å². The van der Waals surface area contributed by atoms with Crippen LogP contribution in [-0.4, -0.2) is 39.9 Å². The molecule has 146 valence electrons. The van der Waals surface area contributed by atoms with Crippen molar-refractivity contribution >= 4 is 11.8 Å². The van der Waals surface area contributed by atoms with E-state index >= 15 is 0 Å². The van der Waals surface area contributed by atoms with Crippen molar-refractivity contribution in [3.05, 3.63) is 59.4 Å². The molecule has 1 aromatic heterocycles. The third kappa shape index (κ3) is 4.17. The Kier molecular flexibility index (Phi) is 5.29. The van der Waals surface area contributed by atoms with E-state index in [1.54, 1.807) is 12.1 Å². The molecule has 0 saturated carbocycles. The molecule has 3 N–H and O–H groups in total. The van der Waals surface area contributed by atoms with E-state index in [0.29, 0.717) is 12.1 Å². The number of rotatable bonds is 5. The highest BCUT2D eigenvalue weighted by molar-refractivity contribution is 6.04. The van der Waals surface area contributed by atoms with Crippen molar-refractivity contribution in [2.75, 3.05) is 0 Å². The molecule has 28 heavy (non-hydrogen) atoms. The Hall–Kier alpha value is -2.87. The van der Waals surface area contributed by atoms with Crippen LogP contribution in [0.5, 0.6) is 0 Å². The van der Waals surface area contributed by atoms with Gasteiger partial charge in [-0.25, -0.2) is 14.4 Å². The summed E-state index contributed by atoms with van der Waals surface area (Å²) in [6.45, 7) is 0.203. The molecule has 4 rings (SSSR count). The standard InChI is InChI=1S/C20H22FN5O2/c21-13-3-1-12(2-4-13)11-24-19(27)17-18(23-8-7-22-17)20(28)26-16-9-14-5-6-15(10-16)25-14/h1-4,7-8,14-16,25H,5-6,9-11H2,(H,24,27)(H,26,28). The van der Waals surface area contributed by atoms with Crippen LogP contribution < -0.4 is 16.0 Å². The Morgan fingerprint density at radius 2 is 1.61 bits per heavy atom. The van der Waals surface area contributed by atoms with E-state index in [2.05, 4.69) is 25.9 Å². The molecule has 0 radical (unpaired) electrons. The third-order valence-corrected chi connectivity index (χ3v) is 5.30. The van der Waals surface area contributed by atoms with Gasteiger partial charge in [0, 0.05) is 37.1 Å². The number of benzene rings is 1. The number of piperidine rings is 1. The summed E-state index contributed by atoms with van der Waals surface area (Å²) in [5, 5.41) is 9.24. The summed E-state index contributed by atoms with van der Waals surface area (Å²) < 4.78 is 13.0. The van der Waals surface area contributed by atoms with Crippen molar-refractivity contribution < 1.29 is 14.0 Å². The monoisotopic (exact) mass is 383 g/mol. The molecule has 2 atom stereocenters. The van der Waals surface area contributed by atoms with Gasteiger partial charge in [-0.05, 0) is 43.4 Å². The van der Waals surface area contributed by atoms with Crippen molar-refractivity contribution in [1.82, 2.24) is 25.9 Å². The maximum atomic E-state index is 13.0. The first-order valence-corrected chi connectivity index (χ1v) is 9.49. The van der Waals surface area contributed by atoms with Crippen molar-refractivity contribution in [3.63, 3.8) is 0 Å². The Morgan fingerprint density at radius 3 is 2.25 bits per heavy atom. The second-order valence-electron chi connectivity index (χ2n) is 7.34. The van der Waals surface area contributed by atoms with Gasteiger partial charge in [0.2, 0.25) is 0 Å². The van der Waals surface area contributed by atoms with Gasteiger partial charge < -0.3 is 16.0 Å². The molecule has 2 fully saturated rings. The van der Waals surface area contributed by atoms with Crippen molar-refractivity contribution in [2.45, 2.75) is 50.4 Å². The second-order valence-corrected chi connectivity index (χ2v) is 7.34. The maximum absolute atomic E-state index is 13.0. The molecule has 7 nitrogen and oxygen atoms in total. The molecule has 2 bridgehead atoms. The van der Waals surface area contributed by atoms with E-state index in [1.807, 2.05) is 0 Å². The van der Waals surface area contributed by atoms with Crippen LogP contribution in [-0.2, 0) is 6.54 Å². The Morgan fingerprint density at radius 1 is 1.00 bits per heavy atom. The number of fused-ring (bicyclic) bond motifs is 2. The third-order valence-electron chi connectivity index (χ3n) is 5.30. The molecule has 3 heterocycles. The van der Waals surface area contributed by atoms with Gasteiger partial charge in [0.25, 0.3) is 11.8 Å². The van der Waals surface area contributed by atoms with Crippen molar-refractivity contribution in [3.8, 4) is 0 Å². The van der Waals surface area contributed by atoms with Gasteiger partial charge in [-0.15, -0.1) is 0 Å². The maximum Gasteiger partial charge on any atom is 0.272 e. The van der Waals surface area contributed by atoms with Gasteiger partial charge in [-0.1, -0.05) is 12.1 Å². The normalized spacial score (nSPS) is 23.2. The molecule has 2 aliphatic rings. The number of carbonyl (C=O) groups excluding carboxylic acids is 2. The summed E-state index contributed by atoms with van der Waals surface area (Å²) >= 11 is 0. The first-order chi connectivity index (χ1) is 13.6. The fraction of sp³-hybridized carbons (Fsp3) is 0.400. The van der Waals surface area contributed by atoms with Gasteiger partial charge in [0.05, 0.1) is 0 Å². The fourth-order valence-corrected chi connectivity index (χ4v) is 3.97. The SMILES string of the molecule is O=C(NCc1ccc(F)cc1)c1nccnc1C(=O)NC1CC2CCC(C1)N2. The van der Waals surface area contributed by atoms with E-state index in [-0.39, 0.29) is 35.7 Å². The topological polar surface area (TPSA) is 96.0 Å². The molecular formula is C20H22FN5O2. The molecule has 2 aliphatic heterocycles. The Labute approximate surface area is 162 Å². The molecule has 1 aromatic carbocycles. The molecular weight excluding hydrogens is 361 g/mol. The number of nitrogens with zero attached hydrogens (tertiary/aromatic N) is 2. The lowest BCUT2D eigenvalue weighted by molar-refractivity contribution is 0.0892. The molecule has 2 unspecified atom stereocenters. The minimum atomic E-state index is -0.493. The van der Waals surface area contributed by atoms with E-state index < -0.39 is 5.91 Å². The van der Waals surface area contributed by atoms with Crippen LogP contribution in [0.3, 0.4) is 0 Å². The first-order valence-electron chi connectivity index (χ1n) is 9.49. The zero-order valence-corrected chi connectivity index (χ0v) is 15.3. The number of nitrogens with one attached hydrogen (secondary N) is 3. The van der Waals surface area contributed by atoms with E-state index in [4.69, 9.17) is 0 Å². The van der Waals surface area contributed by atoms with Gasteiger partial charge in [0.1, 0.15) is 5.82 Å². The van der Waals surface area contributed by atoms with Crippen LogP contribution in [0.4, 0.5) is 4.39 Å². The largest absolute Gasteiger partial charge is 0.348 e. The Bertz CT molecular complexity index is 861. The number of aromatic nitrogens is 2. The lowest BCUT2D eigenvalue weighted by Gasteiger charge is -2.29. The molecule has 0 spiro atoms. The van der Waals surface area contributed by atoms with Gasteiger partial charge in [-0.3, -0.25) is 9.59 Å². The van der Waals surface area contributed by atoms with Crippen molar-refractivity contribution in [2.24, 2.45) is 0 Å². The van der Waals surface area contributed by atoms with Crippen LogP contribution in [0, 0.1) is 5.82 Å². The molecule has 0 aliphatic carbocycles. The minimum Gasteiger partial charge on any atom is -0.348 e. The number of carbonyl (C=O) groups is 2. The predicted molar refractivity (Wildman–Crippen MR) is 100 cm³/mol. The Balaban J connectivity index is 1.41. The molecule has 2 saturated heterocycles. The van der Waals surface area contributed by atoms with E-state index in [9.17, 15) is 14.0 Å². The van der Waals surface area contributed by atoms with E-state index in [0.717, 1.165) is 31.2 Å². The van der Waals surface area contributed by atoms with Gasteiger partial charge >= 0.3 is 0 Å². The average Bonchev–Trinajstić information content (AvgIpc) is 3.05. The molecule has 2 amide bonds. The zero-order valence-electron chi connectivity index (χ0n) is 15.3. The highest BCUT2D eigenvalue weighted by Gasteiger charge is 2.34. The lowest BCUT2D eigenvalue weighted by atomic mass is 9.99. The average molecular weight is 383 g/mol. The summed E-state index contributed by atoms with van der Waals surface area (Å²) in [5.74, 6) is -1.21. The number of hydrogen-bond acceptors (Lipinski definition) is 5. The molecule has 8 heteroatoms. The first kappa shape index (κ1) is 18.5. The second kappa shape index (κ2) is 8.02. The lowest BCUT2D eigenvalue weighted by Crippen LogP contribution is -2.48. The number of amides is 2. The smallest absolute Gasteiger partial charge is 0.272 e. The highest BCUT2D eigenvalue weighted by Crippen LogP contribution is 2.26. The number of halogens is 1. The van der Waals surface area contributed by atoms with Crippen LogP contribution >= 0.6 is 0 Å². The highest BCUT2D eigenvalue weighted by atomic mass is 19.1. The summed E-state index contributed by atoms with van der Waals surface area (Å²) in [5.41, 5.74) is 0.749. The minimum absolute atomic E-state index is 0.0148. The summed E-state index contributed by atoms with van der Waals surface area (Å²) in [6, 6.07) is 6.80. The zero-order chi connectivity index (χ0) is 19.5. The summed E-state index contributed by atoms with van der Waals surface area (Å²) in [7, 11) is 0. The van der Waals surface area contributed by atoms with E-state index in [1.165, 1.54) is 24.5 Å². The predicted octanol–water partition coefficient (Wildman–Crippen LogP) is 1.56. The van der Waals surface area contributed by atoms with Gasteiger partial charge in [-0.2, -0.15) is 0 Å². The van der Waals surface area contributed by atoms with Crippen molar-refractivity contribution in [1.29, 1.82) is 0 Å². The quantitative estimate of drug-likeness (QED) is 0.728. The van der Waals surface area contributed by atoms with Crippen LogP contribution in [0.1, 0.15) is 52.2 Å². The number of hydrogen-bond donors (Lipinski definition) is 3. The fourth-order valence-electron chi connectivity index (χ4n) is 3.97. The molecule has 2 aromatic rings. The van der Waals surface area contributed by atoms with Gasteiger partial charge in [0.15, 0.2) is 11.4 Å².